The number of aliphatic carboxylic acids is 1. The predicted octanol–water partition coefficient (Wildman–Crippen LogP) is 9.43. The first-order chi connectivity index (χ1) is 25.8. The first kappa shape index (κ1) is 57.7. The summed E-state index contributed by atoms with van der Waals surface area (Å²) < 4.78 is 11.2. The Labute approximate surface area is 345 Å². The maximum Gasteiger partial charge on any atom is 0.306 e. The molecular weight excluding hydrogens is 714 g/mol. The fraction of sp³-hybridized carbons (Fsp3) is 0.913. The summed E-state index contributed by atoms with van der Waals surface area (Å²) in [6.07, 6.45) is 38.2. The van der Waals surface area contributed by atoms with Crippen LogP contribution in [0.2, 0.25) is 0 Å². The third-order valence-corrected chi connectivity index (χ3v) is 10.6. The van der Waals surface area contributed by atoms with Crippen LogP contribution in [-0.4, -0.2) is 47.6 Å². The maximum atomic E-state index is 12.7. The molecule has 0 saturated heterocycles. The zero-order valence-corrected chi connectivity index (χ0v) is 36.1. The lowest BCUT2D eigenvalue weighted by Gasteiger charge is -2.18. The van der Waals surface area contributed by atoms with Crippen molar-refractivity contribution in [3.05, 3.63) is 0 Å². The number of carbonyl (C=O) groups is 4. The minimum Gasteiger partial charge on any atom is -1.00 e. The van der Waals surface area contributed by atoms with Crippen molar-refractivity contribution in [1.82, 2.24) is 0 Å². The molecule has 0 rings (SSSR count). The number of unbranched alkanes of at least 4 members (excludes halogenated alkanes) is 28. The Hall–Kier alpha value is -1.67. The van der Waals surface area contributed by atoms with E-state index in [1.165, 1.54) is 154 Å². The molecule has 0 aliphatic carbocycles. The minimum absolute atomic E-state index is 0. The van der Waals surface area contributed by atoms with Crippen molar-refractivity contribution >= 4 is 23.7 Å². The summed E-state index contributed by atoms with van der Waals surface area (Å²) in [5.41, 5.74) is 3.81. The summed E-state index contributed by atoms with van der Waals surface area (Å²) >= 11 is 0. The number of ether oxygens (including phenoxy) is 2. The second kappa shape index (κ2) is 45.0. The van der Waals surface area contributed by atoms with Crippen LogP contribution in [0.5, 0.6) is 0 Å². The van der Waals surface area contributed by atoms with E-state index >= 15 is 0 Å². The van der Waals surface area contributed by atoms with Gasteiger partial charge in [0.2, 0.25) is 0 Å². The normalized spacial score (nSPS) is 12.0. The molecule has 8 nitrogen and oxygen atoms in total. The Bertz CT molecular complexity index is 871. The average Bonchev–Trinajstić information content (AvgIpc) is 3.14. The van der Waals surface area contributed by atoms with Gasteiger partial charge in [0.15, 0.2) is 5.78 Å². The van der Waals surface area contributed by atoms with Crippen LogP contribution in [0.25, 0.3) is 0 Å². The monoisotopic (exact) mass is 804 g/mol. The molecule has 2 atom stereocenters. The largest absolute Gasteiger partial charge is 1.00 e. The van der Waals surface area contributed by atoms with Crippen LogP contribution in [0.3, 0.4) is 0 Å². The molecule has 0 heterocycles. The van der Waals surface area contributed by atoms with Crippen LogP contribution >= 0.6 is 0 Å². The lowest BCUT2D eigenvalue weighted by Crippen LogP contribution is -3.00. The Kier molecular flexibility index (Phi) is 47.2. The summed E-state index contributed by atoms with van der Waals surface area (Å²) in [6, 6.07) is -0.629. The number of hydrogen-bond acceptors (Lipinski definition) is 6. The number of ketones is 1. The van der Waals surface area contributed by atoms with Gasteiger partial charge in [0.05, 0.1) is 6.42 Å². The molecule has 0 aromatic rings. The molecule has 0 aromatic heterocycles. The Morgan fingerprint density at radius 2 is 0.800 bits per heavy atom. The number of rotatable bonds is 42. The second-order valence-corrected chi connectivity index (χ2v) is 15.8. The van der Waals surface area contributed by atoms with E-state index < -0.39 is 18.1 Å². The van der Waals surface area contributed by atoms with Gasteiger partial charge in [-0.1, -0.05) is 201 Å². The third-order valence-electron chi connectivity index (χ3n) is 10.6. The number of esters is 2. The number of quaternary nitrogens is 1. The maximum absolute atomic E-state index is 12.7. The SMILES string of the molecule is C.CCCCCCCCCCCCCCCCCC(=O)OCC(CCC(=O)C([NH3+])CCC(=O)O)OC(=O)CCCCCCCCCCCCCCCCC.[Cl-]. The highest BCUT2D eigenvalue weighted by atomic mass is 35.5. The van der Waals surface area contributed by atoms with Gasteiger partial charge in [-0.3, -0.25) is 19.2 Å². The van der Waals surface area contributed by atoms with Crippen LogP contribution in [0.15, 0.2) is 0 Å². The summed E-state index contributed by atoms with van der Waals surface area (Å²) in [6.45, 7) is 4.46. The summed E-state index contributed by atoms with van der Waals surface area (Å²) in [5, 5.41) is 8.93. The molecule has 2 unspecified atom stereocenters. The van der Waals surface area contributed by atoms with Crippen molar-refractivity contribution in [2.45, 2.75) is 265 Å². The molecule has 0 bridgehead atoms. The molecule has 0 fully saturated rings. The van der Waals surface area contributed by atoms with E-state index in [9.17, 15) is 19.2 Å². The quantitative estimate of drug-likeness (QED) is 0.0464. The molecule has 0 radical (unpaired) electrons. The number of carboxylic acids is 1. The Morgan fingerprint density at radius 3 is 1.15 bits per heavy atom. The van der Waals surface area contributed by atoms with E-state index in [4.69, 9.17) is 14.6 Å². The lowest BCUT2D eigenvalue weighted by molar-refractivity contribution is -0.404. The first-order valence-corrected chi connectivity index (χ1v) is 22.7. The van der Waals surface area contributed by atoms with Gasteiger partial charge < -0.3 is 32.7 Å². The highest BCUT2D eigenvalue weighted by molar-refractivity contribution is 5.83. The van der Waals surface area contributed by atoms with Crippen molar-refractivity contribution in [1.29, 1.82) is 0 Å². The van der Waals surface area contributed by atoms with Crippen molar-refractivity contribution < 1.29 is 51.9 Å². The predicted molar refractivity (Wildman–Crippen MR) is 224 cm³/mol. The number of carboxylic acid groups (broad SMARTS) is 1. The molecule has 0 spiro atoms. The van der Waals surface area contributed by atoms with Gasteiger partial charge in [-0.25, -0.2) is 0 Å². The van der Waals surface area contributed by atoms with Gasteiger partial charge in [-0.05, 0) is 19.3 Å². The third kappa shape index (κ3) is 43.3. The molecular formula is C46H90ClNO7. The second-order valence-electron chi connectivity index (χ2n) is 15.8. The number of hydrogen-bond donors (Lipinski definition) is 2. The van der Waals surface area contributed by atoms with Gasteiger partial charge in [0, 0.05) is 25.7 Å². The summed E-state index contributed by atoms with van der Waals surface area (Å²) in [4.78, 5) is 48.7. The number of halogens is 1. The summed E-state index contributed by atoms with van der Waals surface area (Å²) in [7, 11) is 0. The standard InChI is InChI=1S/C45H85NO7.CH4.ClH/c1-3-5-7-9-11-13-15-17-19-21-23-25-27-29-31-33-44(50)52-39-40(35-37-42(47)41(46)36-38-43(48)49)53-45(51)34-32-30-28-26-24-22-20-18-16-14-12-10-8-6-4-2;;/h40-41H,3-39,46H2,1-2H3,(H,48,49);1H4;1H. The fourth-order valence-electron chi connectivity index (χ4n) is 6.93. The highest BCUT2D eigenvalue weighted by Gasteiger charge is 2.23. The zero-order chi connectivity index (χ0) is 39.0. The fourth-order valence-corrected chi connectivity index (χ4v) is 6.93. The van der Waals surface area contributed by atoms with Gasteiger partial charge in [-0.15, -0.1) is 0 Å². The van der Waals surface area contributed by atoms with Crippen molar-refractivity contribution in [2.24, 2.45) is 0 Å². The molecule has 0 amide bonds. The van der Waals surface area contributed by atoms with Crippen LogP contribution in [0, 0.1) is 0 Å². The first-order valence-electron chi connectivity index (χ1n) is 22.7. The topological polar surface area (TPSA) is 135 Å². The minimum atomic E-state index is -0.960. The van der Waals surface area contributed by atoms with E-state index in [2.05, 4.69) is 19.6 Å². The van der Waals surface area contributed by atoms with Crippen LogP contribution in [-0.2, 0) is 28.7 Å². The van der Waals surface area contributed by atoms with Gasteiger partial charge >= 0.3 is 17.9 Å². The highest BCUT2D eigenvalue weighted by Crippen LogP contribution is 2.17. The Morgan fingerprint density at radius 1 is 0.473 bits per heavy atom. The Balaban J connectivity index is -0.0000135. The summed E-state index contributed by atoms with van der Waals surface area (Å²) in [5.74, 6) is -1.75. The van der Waals surface area contributed by atoms with Gasteiger partial charge in [0.1, 0.15) is 18.8 Å². The molecule has 328 valence electrons. The van der Waals surface area contributed by atoms with Crippen molar-refractivity contribution in [2.75, 3.05) is 6.61 Å². The molecule has 0 aliphatic heterocycles. The van der Waals surface area contributed by atoms with Crippen LogP contribution < -0.4 is 18.1 Å². The molecule has 4 N–H and O–H groups in total. The van der Waals surface area contributed by atoms with Crippen LogP contribution in [0.4, 0.5) is 0 Å². The van der Waals surface area contributed by atoms with Crippen LogP contribution in [0.1, 0.15) is 252 Å². The van der Waals surface area contributed by atoms with Gasteiger partial charge in [0.25, 0.3) is 0 Å². The molecule has 0 aromatic carbocycles. The van der Waals surface area contributed by atoms with E-state index in [-0.39, 0.29) is 69.8 Å². The molecule has 0 aliphatic rings. The molecule has 9 heteroatoms. The van der Waals surface area contributed by atoms with E-state index in [1.54, 1.807) is 0 Å². The average molecular weight is 805 g/mol. The number of carbonyl (C=O) groups excluding carboxylic acids is 3. The zero-order valence-electron chi connectivity index (χ0n) is 35.3. The van der Waals surface area contributed by atoms with Crippen molar-refractivity contribution in [3.8, 4) is 0 Å². The van der Waals surface area contributed by atoms with E-state index in [0.29, 0.717) is 12.8 Å². The van der Waals surface area contributed by atoms with E-state index in [1.807, 2.05) is 0 Å². The smallest absolute Gasteiger partial charge is 0.306 e. The lowest BCUT2D eigenvalue weighted by atomic mass is 10.0. The van der Waals surface area contributed by atoms with Gasteiger partial charge in [-0.2, -0.15) is 0 Å². The molecule has 55 heavy (non-hydrogen) atoms. The van der Waals surface area contributed by atoms with Crippen molar-refractivity contribution in [3.63, 3.8) is 0 Å². The molecule has 0 saturated carbocycles. The number of Topliss-reactive ketones (excluding diaryl/α,β-unsaturated/α-hetero) is 1. The van der Waals surface area contributed by atoms with E-state index in [0.717, 1.165) is 38.5 Å².